The lowest BCUT2D eigenvalue weighted by Gasteiger charge is -2.28. The zero-order chi connectivity index (χ0) is 47.9. The van der Waals surface area contributed by atoms with E-state index in [0.717, 1.165) is 70.9 Å². The van der Waals surface area contributed by atoms with Gasteiger partial charge in [0.15, 0.2) is 0 Å². The summed E-state index contributed by atoms with van der Waals surface area (Å²) >= 11 is 0. The van der Waals surface area contributed by atoms with Crippen LogP contribution >= 0.6 is 0 Å². The molecule has 62 heavy (non-hydrogen) atoms. The molecule has 2 nitrogen and oxygen atoms in total. The van der Waals surface area contributed by atoms with Crippen LogP contribution in [-0.4, -0.2) is 0 Å². The van der Waals surface area contributed by atoms with Gasteiger partial charge < -0.3 is 9.32 Å². The summed E-state index contributed by atoms with van der Waals surface area (Å²) < 4.78 is 83.9. The molecule has 11 aromatic carbocycles. The van der Waals surface area contributed by atoms with Crippen LogP contribution in [0.15, 0.2) is 241 Å². The van der Waals surface area contributed by atoms with Gasteiger partial charge in [0.05, 0.1) is 16.7 Å². The van der Waals surface area contributed by atoms with Crippen LogP contribution < -0.4 is 4.90 Å². The third-order valence-corrected chi connectivity index (χ3v) is 11.8. The van der Waals surface area contributed by atoms with Gasteiger partial charge in [-0.05, 0) is 133 Å². The molecule has 0 fully saturated rings. The van der Waals surface area contributed by atoms with E-state index >= 15 is 0 Å². The highest BCUT2D eigenvalue weighted by atomic mass is 16.3. The first-order valence-corrected chi connectivity index (χ1v) is 20.6. The highest BCUT2D eigenvalue weighted by Gasteiger charge is 2.19. The van der Waals surface area contributed by atoms with Gasteiger partial charge >= 0.3 is 0 Å². The topological polar surface area (TPSA) is 16.4 Å². The highest BCUT2D eigenvalue weighted by molar-refractivity contribution is 6.15. The van der Waals surface area contributed by atoms with Crippen molar-refractivity contribution >= 4 is 71.3 Å². The Morgan fingerprint density at radius 2 is 0.871 bits per heavy atom. The van der Waals surface area contributed by atoms with Crippen LogP contribution in [-0.2, 0) is 0 Å². The minimum atomic E-state index is -0.414. The number of para-hydroxylation sites is 2. The van der Waals surface area contributed by atoms with Crippen LogP contribution in [0.25, 0.3) is 98.8 Å². The van der Waals surface area contributed by atoms with Crippen LogP contribution in [0, 0.1) is 0 Å². The SMILES string of the molecule is [2H]c1c([2H])c(N(c2ccccc2-c2ccc3c(ccc4c5ccccc5oc34)c2)c2c([2H])c([2H])c(-c3ccc4ccccc4c3)c([2H])c2[2H])c([2H])c([2H])c1-c1cccc(-c2cccc3ccccc23)c1. The second-order valence-corrected chi connectivity index (χ2v) is 15.4. The van der Waals surface area contributed by atoms with E-state index in [1.54, 1.807) is 24.3 Å². The maximum atomic E-state index is 9.83. The Labute approximate surface area is 371 Å². The second-order valence-electron chi connectivity index (χ2n) is 15.4. The van der Waals surface area contributed by atoms with Gasteiger partial charge in [-0.3, -0.25) is 0 Å². The molecule has 0 atom stereocenters. The molecule has 0 amide bonds. The molecule has 0 radical (unpaired) electrons. The summed E-state index contributed by atoms with van der Waals surface area (Å²) in [6.07, 6.45) is 0. The van der Waals surface area contributed by atoms with Crippen LogP contribution in [0.3, 0.4) is 0 Å². The maximum Gasteiger partial charge on any atom is 0.143 e. The number of nitrogens with zero attached hydrogens (tertiary/aromatic N) is 1. The first-order valence-electron chi connectivity index (χ1n) is 24.6. The Morgan fingerprint density at radius 1 is 0.323 bits per heavy atom. The van der Waals surface area contributed by atoms with Crippen molar-refractivity contribution < 1.29 is 15.4 Å². The lowest BCUT2D eigenvalue weighted by Crippen LogP contribution is -2.11. The number of hydrogen-bond donors (Lipinski definition) is 0. The molecule has 0 N–H and O–H groups in total. The first-order chi connectivity index (χ1) is 34.1. The van der Waals surface area contributed by atoms with Crippen molar-refractivity contribution in [2.45, 2.75) is 0 Å². The van der Waals surface area contributed by atoms with Crippen LogP contribution in [0.2, 0.25) is 0 Å². The third-order valence-electron chi connectivity index (χ3n) is 11.8. The molecule has 1 heterocycles. The molecule has 0 saturated carbocycles. The van der Waals surface area contributed by atoms with Crippen molar-refractivity contribution in [3.63, 3.8) is 0 Å². The number of fused-ring (bicyclic) bond motifs is 7. The molecule has 290 valence electrons. The average Bonchev–Trinajstić information content (AvgIpc) is 3.78. The van der Waals surface area contributed by atoms with Gasteiger partial charge in [0.1, 0.15) is 11.2 Å². The molecule has 0 saturated heterocycles. The summed E-state index contributed by atoms with van der Waals surface area (Å²) in [4.78, 5) is 1.39. The van der Waals surface area contributed by atoms with Crippen molar-refractivity contribution in [3.05, 3.63) is 236 Å². The van der Waals surface area contributed by atoms with E-state index in [1.165, 1.54) is 4.90 Å². The highest BCUT2D eigenvalue weighted by Crippen LogP contribution is 2.44. The van der Waals surface area contributed by atoms with Crippen molar-refractivity contribution in [2.75, 3.05) is 4.90 Å². The number of rotatable bonds is 7. The van der Waals surface area contributed by atoms with Crippen molar-refractivity contribution in [3.8, 4) is 44.5 Å². The van der Waals surface area contributed by atoms with Crippen LogP contribution in [0.5, 0.6) is 0 Å². The second kappa shape index (κ2) is 14.8. The van der Waals surface area contributed by atoms with Gasteiger partial charge in [0.25, 0.3) is 0 Å². The van der Waals surface area contributed by atoms with E-state index < -0.39 is 24.2 Å². The summed E-state index contributed by atoms with van der Waals surface area (Å²) in [5, 5.41) is 7.72. The van der Waals surface area contributed by atoms with E-state index in [-0.39, 0.29) is 46.7 Å². The standard InChI is InChI=1S/C60H39NO/c1-2-13-44-37-46(24-23-40(44)11-1)42-27-33-51(34-28-42)61(50-31-25-41(26-32-50)45-15-9-16-47(38-45)53-20-10-14-43-12-3-4-17-52(43)53)58-21-7-5-18-54(58)48-29-35-55-49(39-48)30-36-57-56-19-6-8-22-59(56)62-60(55)57/h1-39H/i25D,26D,27D,28D,31D,32D,33D,34D. The van der Waals surface area contributed by atoms with Gasteiger partial charge in [-0.1, -0.05) is 170 Å². The molecule has 0 aliphatic rings. The summed E-state index contributed by atoms with van der Waals surface area (Å²) in [6, 6.07) is 57.1. The minimum absolute atomic E-state index is 0.0895. The Bertz CT molecular complexity index is 4080. The molecule has 2 heteroatoms. The molecule has 0 bridgehead atoms. The zero-order valence-corrected chi connectivity index (χ0v) is 33.3. The fourth-order valence-corrected chi connectivity index (χ4v) is 8.73. The van der Waals surface area contributed by atoms with Gasteiger partial charge in [0, 0.05) is 33.1 Å². The predicted molar refractivity (Wildman–Crippen MR) is 263 cm³/mol. The Hall–Kier alpha value is -8.20. The lowest BCUT2D eigenvalue weighted by molar-refractivity contribution is 0.672. The number of benzene rings is 11. The van der Waals surface area contributed by atoms with Crippen LogP contribution in [0.1, 0.15) is 11.0 Å². The number of hydrogen-bond acceptors (Lipinski definition) is 2. The molecule has 1 aromatic heterocycles. The minimum Gasteiger partial charge on any atom is -0.455 e. The van der Waals surface area contributed by atoms with Gasteiger partial charge in [-0.2, -0.15) is 0 Å². The Kier molecular flexibility index (Phi) is 6.76. The molecule has 0 aliphatic heterocycles. The van der Waals surface area contributed by atoms with Crippen LogP contribution in [0.4, 0.5) is 17.1 Å². The molecule has 12 rings (SSSR count). The fourth-order valence-electron chi connectivity index (χ4n) is 8.73. The quantitative estimate of drug-likeness (QED) is 0.160. The third kappa shape index (κ3) is 6.20. The van der Waals surface area contributed by atoms with Gasteiger partial charge in [0.2, 0.25) is 0 Å². The lowest BCUT2D eigenvalue weighted by atomic mass is 9.95. The largest absolute Gasteiger partial charge is 0.455 e. The first kappa shape index (κ1) is 28.3. The maximum absolute atomic E-state index is 9.83. The van der Waals surface area contributed by atoms with E-state index in [9.17, 15) is 11.0 Å². The van der Waals surface area contributed by atoms with Gasteiger partial charge in [-0.15, -0.1) is 0 Å². The molecule has 0 aliphatic carbocycles. The molecular formula is C60H39NO. The Balaban J connectivity index is 1.08. The monoisotopic (exact) mass is 797 g/mol. The summed E-state index contributed by atoms with van der Waals surface area (Å²) in [7, 11) is 0. The number of anilines is 3. The zero-order valence-electron chi connectivity index (χ0n) is 41.3. The Morgan fingerprint density at radius 3 is 1.69 bits per heavy atom. The number of furan rings is 1. The molecule has 0 unspecified atom stereocenters. The van der Waals surface area contributed by atoms with Crippen molar-refractivity contribution in [1.82, 2.24) is 0 Å². The van der Waals surface area contributed by atoms with Crippen molar-refractivity contribution in [2.24, 2.45) is 0 Å². The van der Waals surface area contributed by atoms with E-state index in [1.807, 2.05) is 164 Å². The molecule has 0 spiro atoms. The summed E-state index contributed by atoms with van der Waals surface area (Å²) in [5.41, 5.74) is 5.72. The van der Waals surface area contributed by atoms with Crippen molar-refractivity contribution in [1.29, 1.82) is 0 Å². The predicted octanol–water partition coefficient (Wildman–Crippen LogP) is 17.2. The average molecular weight is 798 g/mol. The molecular weight excluding hydrogens is 751 g/mol. The van der Waals surface area contributed by atoms with Gasteiger partial charge in [-0.25, -0.2) is 0 Å². The molecule has 12 aromatic rings. The summed E-state index contributed by atoms with van der Waals surface area (Å²) in [6.45, 7) is 0. The smallest absolute Gasteiger partial charge is 0.143 e. The fraction of sp³-hybridized carbons (Fsp3) is 0. The van der Waals surface area contributed by atoms with E-state index in [2.05, 4.69) is 0 Å². The normalized spacial score (nSPS) is 13.4. The van der Waals surface area contributed by atoms with E-state index in [0.29, 0.717) is 22.4 Å². The van der Waals surface area contributed by atoms with E-state index in [4.69, 9.17) is 4.42 Å². The summed E-state index contributed by atoms with van der Waals surface area (Å²) in [5.74, 6) is 0.